The van der Waals surface area contributed by atoms with Gasteiger partial charge in [0.05, 0.1) is 12.1 Å². The SMILES string of the molecule is CN1CCN(CCc2ccc(NC(=O)CNC(=O)c3ccc(F)cc3F)cc2)CC1. The third-order valence-electron chi connectivity index (χ3n) is 5.14. The predicted octanol–water partition coefficient (Wildman–Crippen LogP) is 2.12. The first-order valence-corrected chi connectivity index (χ1v) is 9.93. The molecule has 30 heavy (non-hydrogen) atoms. The summed E-state index contributed by atoms with van der Waals surface area (Å²) in [5, 5.41) is 5.01. The second-order valence-electron chi connectivity index (χ2n) is 7.45. The summed E-state index contributed by atoms with van der Waals surface area (Å²) in [4.78, 5) is 28.8. The molecule has 2 amide bonds. The van der Waals surface area contributed by atoms with Crippen molar-refractivity contribution in [2.24, 2.45) is 0 Å². The van der Waals surface area contributed by atoms with Gasteiger partial charge in [0.2, 0.25) is 5.91 Å². The maximum atomic E-state index is 13.6. The van der Waals surface area contributed by atoms with E-state index in [1.165, 1.54) is 5.56 Å². The molecule has 6 nitrogen and oxygen atoms in total. The highest BCUT2D eigenvalue weighted by Gasteiger charge is 2.14. The molecule has 1 aliphatic heterocycles. The molecule has 160 valence electrons. The van der Waals surface area contributed by atoms with Crippen LogP contribution in [0.3, 0.4) is 0 Å². The highest BCUT2D eigenvalue weighted by atomic mass is 19.1. The maximum Gasteiger partial charge on any atom is 0.254 e. The quantitative estimate of drug-likeness (QED) is 0.726. The first-order chi connectivity index (χ1) is 14.4. The van der Waals surface area contributed by atoms with E-state index in [4.69, 9.17) is 0 Å². The largest absolute Gasteiger partial charge is 0.343 e. The fourth-order valence-electron chi connectivity index (χ4n) is 3.25. The molecule has 2 N–H and O–H groups in total. The van der Waals surface area contributed by atoms with E-state index in [2.05, 4.69) is 27.5 Å². The molecular weight excluding hydrogens is 390 g/mol. The van der Waals surface area contributed by atoms with Crippen molar-refractivity contribution in [2.75, 3.05) is 51.6 Å². The van der Waals surface area contributed by atoms with Gasteiger partial charge in [0, 0.05) is 44.5 Å². The topological polar surface area (TPSA) is 64.7 Å². The van der Waals surface area contributed by atoms with Gasteiger partial charge in [-0.3, -0.25) is 9.59 Å². The third-order valence-corrected chi connectivity index (χ3v) is 5.14. The monoisotopic (exact) mass is 416 g/mol. The first-order valence-electron chi connectivity index (χ1n) is 9.93. The standard InChI is InChI=1S/C22H26F2N4O2/c1-27-10-12-28(13-11-27)9-8-16-2-5-18(6-3-16)26-21(29)15-25-22(30)19-7-4-17(23)14-20(19)24/h2-7,14H,8-13,15H2,1H3,(H,25,30)(H,26,29). The molecule has 1 saturated heterocycles. The number of amides is 2. The van der Waals surface area contributed by atoms with E-state index in [0.29, 0.717) is 11.8 Å². The van der Waals surface area contributed by atoms with Gasteiger partial charge < -0.3 is 20.4 Å². The second-order valence-corrected chi connectivity index (χ2v) is 7.45. The van der Waals surface area contributed by atoms with Crippen LogP contribution in [0.5, 0.6) is 0 Å². The van der Waals surface area contributed by atoms with Crippen LogP contribution in [0, 0.1) is 11.6 Å². The minimum Gasteiger partial charge on any atom is -0.343 e. The molecule has 0 unspecified atom stereocenters. The maximum absolute atomic E-state index is 13.6. The highest BCUT2D eigenvalue weighted by Crippen LogP contribution is 2.12. The van der Waals surface area contributed by atoms with Crippen molar-refractivity contribution in [3.63, 3.8) is 0 Å². The van der Waals surface area contributed by atoms with Gasteiger partial charge in [-0.2, -0.15) is 0 Å². The molecule has 0 aliphatic carbocycles. The fraction of sp³-hybridized carbons (Fsp3) is 0.364. The summed E-state index contributed by atoms with van der Waals surface area (Å²) in [7, 11) is 2.14. The number of rotatable bonds is 7. The van der Waals surface area contributed by atoms with Gasteiger partial charge in [-0.15, -0.1) is 0 Å². The normalized spacial score (nSPS) is 15.0. The van der Waals surface area contributed by atoms with Gasteiger partial charge in [0.1, 0.15) is 11.6 Å². The van der Waals surface area contributed by atoms with Crippen LogP contribution < -0.4 is 10.6 Å². The molecule has 3 rings (SSSR count). The van der Waals surface area contributed by atoms with Crippen LogP contribution in [0.15, 0.2) is 42.5 Å². The van der Waals surface area contributed by atoms with Gasteiger partial charge in [-0.05, 0) is 43.3 Å². The van der Waals surface area contributed by atoms with E-state index < -0.39 is 23.4 Å². The zero-order chi connectivity index (χ0) is 21.5. The summed E-state index contributed by atoms with van der Waals surface area (Å²) < 4.78 is 26.5. The Morgan fingerprint density at radius 3 is 2.37 bits per heavy atom. The van der Waals surface area contributed by atoms with Crippen molar-refractivity contribution in [2.45, 2.75) is 6.42 Å². The Morgan fingerprint density at radius 1 is 1.00 bits per heavy atom. The van der Waals surface area contributed by atoms with Crippen LogP contribution in [-0.4, -0.2) is 67.9 Å². The lowest BCUT2D eigenvalue weighted by Gasteiger charge is -2.32. The minimum atomic E-state index is -0.972. The number of anilines is 1. The lowest BCUT2D eigenvalue weighted by atomic mass is 10.1. The van der Waals surface area contributed by atoms with Crippen LogP contribution in [-0.2, 0) is 11.2 Å². The van der Waals surface area contributed by atoms with Gasteiger partial charge >= 0.3 is 0 Å². The average molecular weight is 416 g/mol. The van der Waals surface area contributed by atoms with E-state index in [0.717, 1.165) is 51.3 Å². The van der Waals surface area contributed by atoms with Crippen LogP contribution >= 0.6 is 0 Å². The van der Waals surface area contributed by atoms with Crippen molar-refractivity contribution >= 4 is 17.5 Å². The van der Waals surface area contributed by atoms with Gasteiger partial charge in [0.25, 0.3) is 5.91 Å². The minimum absolute atomic E-state index is 0.311. The number of carbonyl (C=O) groups is 2. The van der Waals surface area contributed by atoms with Gasteiger partial charge in [0.15, 0.2) is 0 Å². The Hall–Kier alpha value is -2.84. The van der Waals surface area contributed by atoms with Crippen molar-refractivity contribution < 1.29 is 18.4 Å². The third kappa shape index (κ3) is 6.33. The molecule has 0 saturated carbocycles. The van der Waals surface area contributed by atoms with Crippen LogP contribution in [0.2, 0.25) is 0 Å². The first kappa shape index (κ1) is 21.9. The molecular formula is C22H26F2N4O2. The zero-order valence-electron chi connectivity index (χ0n) is 17.0. The van der Waals surface area contributed by atoms with E-state index in [1.807, 2.05) is 24.3 Å². The lowest BCUT2D eigenvalue weighted by Crippen LogP contribution is -2.45. The lowest BCUT2D eigenvalue weighted by molar-refractivity contribution is -0.115. The van der Waals surface area contributed by atoms with Crippen molar-refractivity contribution in [3.8, 4) is 0 Å². The Kier molecular flexibility index (Phi) is 7.48. The van der Waals surface area contributed by atoms with E-state index in [-0.39, 0.29) is 12.1 Å². The summed E-state index contributed by atoms with van der Waals surface area (Å²) in [5.74, 6) is -2.95. The summed E-state index contributed by atoms with van der Waals surface area (Å²) >= 11 is 0. The Balaban J connectivity index is 1.42. The van der Waals surface area contributed by atoms with Gasteiger partial charge in [-0.25, -0.2) is 8.78 Å². The summed E-state index contributed by atoms with van der Waals surface area (Å²) in [6.45, 7) is 5.04. The molecule has 2 aromatic rings. The fourth-order valence-corrected chi connectivity index (χ4v) is 3.25. The molecule has 0 spiro atoms. The number of hydrogen-bond acceptors (Lipinski definition) is 4. The number of halogens is 2. The van der Waals surface area contributed by atoms with E-state index in [1.54, 1.807) is 0 Å². The molecule has 0 atom stereocenters. The van der Waals surface area contributed by atoms with E-state index in [9.17, 15) is 18.4 Å². The van der Waals surface area contributed by atoms with Crippen molar-refractivity contribution in [1.82, 2.24) is 15.1 Å². The molecule has 0 aromatic heterocycles. The average Bonchev–Trinajstić information content (AvgIpc) is 2.73. The Labute approximate surface area is 174 Å². The van der Waals surface area contributed by atoms with Crippen LogP contribution in [0.1, 0.15) is 15.9 Å². The number of carbonyl (C=O) groups excluding carboxylic acids is 2. The highest BCUT2D eigenvalue weighted by molar-refractivity contribution is 5.99. The second kappa shape index (κ2) is 10.3. The Bertz CT molecular complexity index is 881. The molecule has 8 heteroatoms. The van der Waals surface area contributed by atoms with Crippen molar-refractivity contribution in [1.29, 1.82) is 0 Å². The predicted molar refractivity (Wildman–Crippen MR) is 111 cm³/mol. The number of likely N-dealkylation sites (N-methyl/N-ethyl adjacent to an activating group) is 1. The van der Waals surface area contributed by atoms with E-state index >= 15 is 0 Å². The number of nitrogens with one attached hydrogen (secondary N) is 2. The molecule has 0 bridgehead atoms. The molecule has 1 heterocycles. The van der Waals surface area contributed by atoms with Crippen LogP contribution in [0.25, 0.3) is 0 Å². The smallest absolute Gasteiger partial charge is 0.254 e. The number of benzene rings is 2. The number of nitrogens with zero attached hydrogens (tertiary/aromatic N) is 2. The molecule has 1 fully saturated rings. The van der Waals surface area contributed by atoms with Crippen molar-refractivity contribution in [3.05, 3.63) is 65.2 Å². The summed E-state index contributed by atoms with van der Waals surface area (Å²) in [6.07, 6.45) is 0.942. The Morgan fingerprint density at radius 2 is 1.70 bits per heavy atom. The van der Waals surface area contributed by atoms with Crippen LogP contribution in [0.4, 0.5) is 14.5 Å². The molecule has 1 aliphatic rings. The summed E-state index contributed by atoms with van der Waals surface area (Å²) in [6, 6.07) is 10.2. The molecule has 0 radical (unpaired) electrons. The number of piperazine rings is 1. The van der Waals surface area contributed by atoms with Gasteiger partial charge in [-0.1, -0.05) is 12.1 Å². The molecule has 2 aromatic carbocycles. The zero-order valence-corrected chi connectivity index (χ0v) is 17.0. The summed E-state index contributed by atoms with van der Waals surface area (Å²) in [5.41, 5.74) is 1.49. The number of hydrogen-bond donors (Lipinski definition) is 2.